The fourth-order valence-electron chi connectivity index (χ4n) is 4.82. The lowest BCUT2D eigenvalue weighted by molar-refractivity contribution is 0.307. The van der Waals surface area contributed by atoms with Crippen molar-refractivity contribution >= 4 is 5.96 Å². The van der Waals surface area contributed by atoms with Crippen LogP contribution < -0.4 is 5.32 Å². The molecule has 4 nitrogen and oxygen atoms in total. The van der Waals surface area contributed by atoms with Gasteiger partial charge < -0.3 is 15.1 Å². The van der Waals surface area contributed by atoms with Gasteiger partial charge in [0.15, 0.2) is 5.96 Å². The summed E-state index contributed by atoms with van der Waals surface area (Å²) in [7, 11) is 1.94. The Balaban J connectivity index is 1.45. The van der Waals surface area contributed by atoms with Crippen LogP contribution in [0.4, 0.5) is 0 Å². The van der Waals surface area contributed by atoms with Crippen molar-refractivity contribution in [1.82, 2.24) is 15.1 Å². The third-order valence-corrected chi connectivity index (χ3v) is 6.07. The van der Waals surface area contributed by atoms with E-state index in [4.69, 9.17) is 0 Å². The van der Waals surface area contributed by atoms with Gasteiger partial charge in [0.25, 0.3) is 0 Å². The molecule has 22 heavy (non-hydrogen) atoms. The molecule has 1 atom stereocenters. The van der Waals surface area contributed by atoms with E-state index >= 15 is 0 Å². The van der Waals surface area contributed by atoms with E-state index in [1.54, 1.807) is 0 Å². The molecule has 1 saturated carbocycles. The lowest BCUT2D eigenvalue weighted by Gasteiger charge is -2.26. The van der Waals surface area contributed by atoms with Crippen molar-refractivity contribution in [3.63, 3.8) is 0 Å². The molecule has 2 saturated heterocycles. The first-order valence-corrected chi connectivity index (χ1v) is 9.43. The summed E-state index contributed by atoms with van der Waals surface area (Å²) in [6.07, 6.45) is 9.75. The van der Waals surface area contributed by atoms with Crippen LogP contribution in [0.2, 0.25) is 0 Å². The van der Waals surface area contributed by atoms with Crippen LogP contribution in [-0.2, 0) is 0 Å². The Labute approximate surface area is 136 Å². The first-order valence-electron chi connectivity index (χ1n) is 9.43. The van der Waals surface area contributed by atoms with Gasteiger partial charge in [-0.3, -0.25) is 4.99 Å². The molecule has 1 aliphatic carbocycles. The number of rotatable bonds is 4. The van der Waals surface area contributed by atoms with Crippen LogP contribution in [0, 0.1) is 11.3 Å². The van der Waals surface area contributed by atoms with Gasteiger partial charge in [0.1, 0.15) is 0 Å². The Morgan fingerprint density at radius 1 is 1.23 bits per heavy atom. The molecule has 1 N–H and O–H groups in total. The molecule has 126 valence electrons. The normalized spacial score (nSPS) is 28.9. The molecule has 0 bridgehead atoms. The Morgan fingerprint density at radius 2 is 2.05 bits per heavy atom. The smallest absolute Gasteiger partial charge is 0.193 e. The summed E-state index contributed by atoms with van der Waals surface area (Å²) in [6.45, 7) is 9.62. The topological polar surface area (TPSA) is 30.9 Å². The quantitative estimate of drug-likeness (QED) is 0.640. The second-order valence-electron chi connectivity index (χ2n) is 7.76. The molecule has 1 unspecified atom stereocenters. The van der Waals surface area contributed by atoms with E-state index in [1.165, 1.54) is 77.7 Å². The molecule has 0 aromatic carbocycles. The number of hydrogen-bond acceptors (Lipinski definition) is 2. The van der Waals surface area contributed by atoms with Gasteiger partial charge in [0, 0.05) is 33.2 Å². The van der Waals surface area contributed by atoms with Gasteiger partial charge in [-0.15, -0.1) is 0 Å². The highest BCUT2D eigenvalue weighted by atomic mass is 15.3. The van der Waals surface area contributed by atoms with Crippen LogP contribution in [0.5, 0.6) is 0 Å². The molecule has 2 heterocycles. The summed E-state index contributed by atoms with van der Waals surface area (Å²) >= 11 is 0. The molecule has 1 spiro atoms. The van der Waals surface area contributed by atoms with Gasteiger partial charge in [-0.25, -0.2) is 0 Å². The summed E-state index contributed by atoms with van der Waals surface area (Å²) in [4.78, 5) is 9.69. The fraction of sp³-hybridized carbons (Fsp3) is 0.944. The monoisotopic (exact) mass is 306 g/mol. The van der Waals surface area contributed by atoms with E-state index in [9.17, 15) is 0 Å². The second kappa shape index (κ2) is 7.20. The zero-order chi connectivity index (χ0) is 15.4. The molecular weight excluding hydrogens is 272 g/mol. The van der Waals surface area contributed by atoms with Crippen LogP contribution in [0.1, 0.15) is 51.9 Å². The molecular formula is C18H34N4. The molecule has 0 aromatic rings. The molecule has 0 aromatic heterocycles. The predicted octanol–water partition coefficient (Wildman–Crippen LogP) is 2.56. The fourth-order valence-corrected chi connectivity index (χ4v) is 4.82. The number of aliphatic imine (C=N–C) groups is 1. The van der Waals surface area contributed by atoms with Gasteiger partial charge in [0.2, 0.25) is 0 Å². The third kappa shape index (κ3) is 3.58. The minimum absolute atomic E-state index is 0.628. The molecule has 0 amide bonds. The summed E-state index contributed by atoms with van der Waals surface area (Å²) in [5, 5.41) is 3.67. The van der Waals surface area contributed by atoms with E-state index in [0.717, 1.165) is 18.4 Å². The number of nitrogens with zero attached hydrogens (tertiary/aromatic N) is 3. The van der Waals surface area contributed by atoms with E-state index in [-0.39, 0.29) is 0 Å². The molecule has 2 aliphatic heterocycles. The van der Waals surface area contributed by atoms with E-state index < -0.39 is 0 Å². The van der Waals surface area contributed by atoms with Gasteiger partial charge in [0.05, 0.1) is 0 Å². The van der Waals surface area contributed by atoms with Crippen LogP contribution in [0.3, 0.4) is 0 Å². The van der Waals surface area contributed by atoms with E-state index in [0.29, 0.717) is 5.41 Å². The average molecular weight is 306 g/mol. The number of guanidine groups is 1. The largest absolute Gasteiger partial charge is 0.356 e. The van der Waals surface area contributed by atoms with Crippen LogP contribution in [-0.4, -0.2) is 62.1 Å². The van der Waals surface area contributed by atoms with Crippen molar-refractivity contribution in [3.05, 3.63) is 0 Å². The summed E-state index contributed by atoms with van der Waals surface area (Å²) in [5.74, 6) is 1.95. The average Bonchev–Trinajstić information content (AvgIpc) is 3.24. The van der Waals surface area contributed by atoms with Crippen molar-refractivity contribution in [2.24, 2.45) is 16.3 Å². The molecule has 3 rings (SSSR count). The van der Waals surface area contributed by atoms with E-state index in [1.807, 2.05) is 7.05 Å². The van der Waals surface area contributed by atoms with Crippen molar-refractivity contribution in [3.8, 4) is 0 Å². The lowest BCUT2D eigenvalue weighted by atomic mass is 9.86. The maximum atomic E-state index is 4.56. The Bertz CT molecular complexity index is 387. The first kappa shape index (κ1) is 16.1. The van der Waals surface area contributed by atoms with Gasteiger partial charge in [-0.2, -0.15) is 0 Å². The number of nitrogens with one attached hydrogen (secondary N) is 1. The predicted molar refractivity (Wildman–Crippen MR) is 93.3 cm³/mol. The lowest BCUT2D eigenvalue weighted by Crippen LogP contribution is -2.43. The standard InChI is InChI=1S/C18H34N4/c1-3-10-21-11-6-16(14-21)13-20-17(19-2)22-12-9-18(15-22)7-4-5-8-18/h16H,3-15H2,1-2H3,(H,19,20). The van der Waals surface area contributed by atoms with Gasteiger partial charge in [-0.05, 0) is 56.5 Å². The van der Waals surface area contributed by atoms with Crippen LogP contribution in [0.15, 0.2) is 4.99 Å². The maximum absolute atomic E-state index is 4.56. The van der Waals surface area contributed by atoms with E-state index in [2.05, 4.69) is 27.0 Å². The highest BCUT2D eigenvalue weighted by Gasteiger charge is 2.41. The molecule has 4 heteroatoms. The summed E-state index contributed by atoms with van der Waals surface area (Å²) in [6, 6.07) is 0. The highest BCUT2D eigenvalue weighted by Crippen LogP contribution is 2.45. The summed E-state index contributed by atoms with van der Waals surface area (Å²) in [5.41, 5.74) is 0.628. The van der Waals surface area contributed by atoms with Crippen molar-refractivity contribution in [2.75, 3.05) is 46.3 Å². The zero-order valence-corrected chi connectivity index (χ0v) is 14.6. The minimum atomic E-state index is 0.628. The number of likely N-dealkylation sites (tertiary alicyclic amines) is 2. The molecule has 3 aliphatic rings. The van der Waals surface area contributed by atoms with Gasteiger partial charge >= 0.3 is 0 Å². The second-order valence-corrected chi connectivity index (χ2v) is 7.76. The van der Waals surface area contributed by atoms with Gasteiger partial charge in [-0.1, -0.05) is 19.8 Å². The zero-order valence-electron chi connectivity index (χ0n) is 14.6. The van der Waals surface area contributed by atoms with Crippen LogP contribution >= 0.6 is 0 Å². The SMILES string of the molecule is CCCN1CCC(CNC(=NC)N2CCC3(CCCC3)C2)C1. The van der Waals surface area contributed by atoms with Crippen molar-refractivity contribution in [2.45, 2.75) is 51.9 Å². The number of hydrogen-bond donors (Lipinski definition) is 1. The third-order valence-electron chi connectivity index (χ3n) is 6.07. The van der Waals surface area contributed by atoms with Crippen molar-refractivity contribution < 1.29 is 0 Å². The Kier molecular flexibility index (Phi) is 5.27. The maximum Gasteiger partial charge on any atom is 0.193 e. The van der Waals surface area contributed by atoms with Crippen LogP contribution in [0.25, 0.3) is 0 Å². The first-order chi connectivity index (χ1) is 10.7. The summed E-state index contributed by atoms with van der Waals surface area (Å²) < 4.78 is 0. The Morgan fingerprint density at radius 3 is 2.77 bits per heavy atom. The van der Waals surface area contributed by atoms with Crippen molar-refractivity contribution in [1.29, 1.82) is 0 Å². The molecule has 0 radical (unpaired) electrons. The highest BCUT2D eigenvalue weighted by molar-refractivity contribution is 5.80. The Hall–Kier alpha value is -0.770. The molecule has 3 fully saturated rings. The minimum Gasteiger partial charge on any atom is -0.356 e.